The van der Waals surface area contributed by atoms with Crippen LogP contribution in [0.4, 0.5) is 5.69 Å². The lowest BCUT2D eigenvalue weighted by molar-refractivity contribution is -0.113. The molecule has 90 valence electrons. The number of aryl methyl sites for hydroxylation is 1. The van der Waals surface area contributed by atoms with E-state index in [4.69, 9.17) is 5.26 Å². The van der Waals surface area contributed by atoms with Gasteiger partial charge in [-0.3, -0.25) is 4.79 Å². The summed E-state index contributed by atoms with van der Waals surface area (Å²) in [6, 6.07) is 7.91. The highest BCUT2D eigenvalue weighted by Crippen LogP contribution is 2.18. The van der Waals surface area contributed by atoms with Gasteiger partial charge in [0, 0.05) is 17.9 Å². The number of carbonyl (C=O) groups excluding carboxylic acids is 1. The van der Waals surface area contributed by atoms with Crippen LogP contribution in [-0.4, -0.2) is 17.4 Å². The second-order valence-electron chi connectivity index (χ2n) is 3.76. The zero-order valence-electron chi connectivity index (χ0n) is 10.1. The molecule has 0 spiro atoms. The Morgan fingerprint density at radius 1 is 1.47 bits per heavy atom. The molecule has 0 fully saturated rings. The average molecular weight is 248 g/mol. The third-order valence-electron chi connectivity index (χ3n) is 2.47. The minimum atomic E-state index is -0.0124. The molecule has 0 aromatic heterocycles. The van der Waals surface area contributed by atoms with E-state index in [-0.39, 0.29) is 5.91 Å². The van der Waals surface area contributed by atoms with E-state index in [9.17, 15) is 4.79 Å². The van der Waals surface area contributed by atoms with Gasteiger partial charge in [-0.05, 0) is 31.0 Å². The smallest absolute Gasteiger partial charge is 0.234 e. The van der Waals surface area contributed by atoms with E-state index >= 15 is 0 Å². The summed E-state index contributed by atoms with van der Waals surface area (Å²) in [5.41, 5.74) is 3.14. The van der Waals surface area contributed by atoms with Crippen molar-refractivity contribution in [2.75, 3.05) is 16.8 Å². The van der Waals surface area contributed by atoms with Gasteiger partial charge in [-0.1, -0.05) is 12.1 Å². The van der Waals surface area contributed by atoms with Crippen molar-refractivity contribution >= 4 is 23.4 Å². The van der Waals surface area contributed by atoms with Gasteiger partial charge >= 0.3 is 0 Å². The quantitative estimate of drug-likeness (QED) is 0.815. The maximum atomic E-state index is 11.6. The Morgan fingerprint density at radius 3 is 2.94 bits per heavy atom. The van der Waals surface area contributed by atoms with E-state index < -0.39 is 0 Å². The average Bonchev–Trinajstić information content (AvgIpc) is 2.31. The minimum Gasteiger partial charge on any atom is -0.325 e. The molecule has 0 saturated heterocycles. The van der Waals surface area contributed by atoms with Crippen LogP contribution < -0.4 is 5.32 Å². The van der Waals surface area contributed by atoms with Gasteiger partial charge in [0.1, 0.15) is 0 Å². The van der Waals surface area contributed by atoms with Gasteiger partial charge in [0.05, 0.1) is 11.8 Å². The van der Waals surface area contributed by atoms with E-state index in [1.54, 1.807) is 0 Å². The number of amides is 1. The lowest BCUT2D eigenvalue weighted by atomic mass is 10.1. The van der Waals surface area contributed by atoms with Gasteiger partial charge in [-0.15, -0.1) is 0 Å². The molecule has 4 heteroatoms. The predicted molar refractivity (Wildman–Crippen MR) is 72.1 cm³/mol. The van der Waals surface area contributed by atoms with Crippen molar-refractivity contribution in [1.82, 2.24) is 0 Å². The Kier molecular flexibility index (Phi) is 5.58. The molecule has 3 nitrogen and oxygen atoms in total. The van der Waals surface area contributed by atoms with Crippen molar-refractivity contribution in [2.45, 2.75) is 20.3 Å². The van der Waals surface area contributed by atoms with Crippen LogP contribution >= 0.6 is 11.8 Å². The molecular weight excluding hydrogens is 232 g/mol. The minimum absolute atomic E-state index is 0.0124. The summed E-state index contributed by atoms with van der Waals surface area (Å²) in [5.74, 6) is 1.09. The standard InChI is InChI=1S/C13H16N2OS/c1-10-5-3-6-12(11(10)2)15-13(16)9-17-8-4-7-14/h3,5-6H,4,8-9H2,1-2H3,(H,15,16). The van der Waals surface area contributed by atoms with Crippen LogP contribution in [0.3, 0.4) is 0 Å². The first-order chi connectivity index (χ1) is 8.15. The second kappa shape index (κ2) is 6.97. The molecule has 1 amide bonds. The van der Waals surface area contributed by atoms with Gasteiger partial charge in [0.2, 0.25) is 5.91 Å². The van der Waals surface area contributed by atoms with Gasteiger partial charge in [0.25, 0.3) is 0 Å². The highest BCUT2D eigenvalue weighted by molar-refractivity contribution is 7.99. The molecular formula is C13H16N2OS. The molecule has 0 unspecified atom stereocenters. The number of carbonyl (C=O) groups is 1. The summed E-state index contributed by atoms with van der Waals surface area (Å²) < 4.78 is 0. The first kappa shape index (κ1) is 13.6. The van der Waals surface area contributed by atoms with E-state index in [0.717, 1.165) is 11.3 Å². The highest BCUT2D eigenvalue weighted by Gasteiger charge is 2.05. The van der Waals surface area contributed by atoms with Gasteiger partial charge in [-0.2, -0.15) is 17.0 Å². The summed E-state index contributed by atoms with van der Waals surface area (Å²) >= 11 is 1.48. The summed E-state index contributed by atoms with van der Waals surface area (Å²) in [7, 11) is 0. The molecule has 1 aromatic rings. The zero-order valence-corrected chi connectivity index (χ0v) is 10.9. The van der Waals surface area contributed by atoms with Crippen molar-refractivity contribution in [1.29, 1.82) is 5.26 Å². The van der Waals surface area contributed by atoms with Gasteiger partial charge in [-0.25, -0.2) is 0 Å². The molecule has 0 radical (unpaired) electrons. The van der Waals surface area contributed by atoms with E-state index in [1.807, 2.05) is 32.0 Å². The Hall–Kier alpha value is -1.47. The summed E-state index contributed by atoms with van der Waals surface area (Å²) in [6.07, 6.45) is 0.488. The van der Waals surface area contributed by atoms with E-state index in [2.05, 4.69) is 11.4 Å². The summed E-state index contributed by atoms with van der Waals surface area (Å²) in [4.78, 5) is 11.6. The number of nitriles is 1. The fourth-order valence-corrected chi connectivity index (χ4v) is 1.99. The monoisotopic (exact) mass is 248 g/mol. The number of nitrogens with zero attached hydrogens (tertiary/aromatic N) is 1. The fraction of sp³-hybridized carbons (Fsp3) is 0.385. The molecule has 1 N–H and O–H groups in total. The third-order valence-corrected chi connectivity index (χ3v) is 3.43. The van der Waals surface area contributed by atoms with E-state index in [0.29, 0.717) is 17.9 Å². The van der Waals surface area contributed by atoms with Crippen molar-refractivity contribution in [3.05, 3.63) is 29.3 Å². The molecule has 0 atom stereocenters. The SMILES string of the molecule is Cc1cccc(NC(=O)CSCCC#N)c1C. The maximum absolute atomic E-state index is 11.6. The maximum Gasteiger partial charge on any atom is 0.234 e. The molecule has 17 heavy (non-hydrogen) atoms. The van der Waals surface area contributed by atoms with Crippen molar-refractivity contribution in [2.24, 2.45) is 0 Å². The first-order valence-corrected chi connectivity index (χ1v) is 6.61. The lowest BCUT2D eigenvalue weighted by Crippen LogP contribution is -2.15. The third kappa shape index (κ3) is 4.49. The number of anilines is 1. The number of nitrogens with one attached hydrogen (secondary N) is 1. The van der Waals surface area contributed by atoms with Crippen LogP contribution in [0, 0.1) is 25.2 Å². The van der Waals surface area contributed by atoms with E-state index in [1.165, 1.54) is 17.3 Å². The second-order valence-corrected chi connectivity index (χ2v) is 4.86. The van der Waals surface area contributed by atoms with Crippen LogP contribution in [0.5, 0.6) is 0 Å². The molecule has 0 bridgehead atoms. The normalized spacial score (nSPS) is 9.71. The highest BCUT2D eigenvalue weighted by atomic mass is 32.2. The molecule has 1 aromatic carbocycles. The summed E-state index contributed by atoms with van der Waals surface area (Å²) in [5, 5.41) is 11.3. The van der Waals surface area contributed by atoms with Crippen LogP contribution in [0.1, 0.15) is 17.5 Å². The molecule has 0 saturated carbocycles. The fourth-order valence-electron chi connectivity index (χ4n) is 1.36. The predicted octanol–water partition coefficient (Wildman–Crippen LogP) is 2.89. The molecule has 0 aliphatic rings. The lowest BCUT2D eigenvalue weighted by Gasteiger charge is -2.09. The number of hydrogen-bond acceptors (Lipinski definition) is 3. The zero-order chi connectivity index (χ0) is 12.7. The van der Waals surface area contributed by atoms with Crippen LogP contribution in [0.15, 0.2) is 18.2 Å². The molecule has 0 aliphatic heterocycles. The van der Waals surface area contributed by atoms with Crippen molar-refractivity contribution in [3.8, 4) is 6.07 Å². The Morgan fingerprint density at radius 2 is 2.24 bits per heavy atom. The van der Waals surface area contributed by atoms with Crippen molar-refractivity contribution in [3.63, 3.8) is 0 Å². The van der Waals surface area contributed by atoms with Crippen LogP contribution in [0.25, 0.3) is 0 Å². The first-order valence-electron chi connectivity index (χ1n) is 5.46. The Labute approximate surface area is 106 Å². The van der Waals surface area contributed by atoms with Gasteiger partial charge < -0.3 is 5.32 Å². The largest absolute Gasteiger partial charge is 0.325 e. The van der Waals surface area contributed by atoms with Crippen LogP contribution in [0.2, 0.25) is 0 Å². The number of rotatable bonds is 5. The molecule has 0 heterocycles. The molecule has 1 rings (SSSR count). The number of benzene rings is 1. The van der Waals surface area contributed by atoms with Crippen LogP contribution in [-0.2, 0) is 4.79 Å². The van der Waals surface area contributed by atoms with Gasteiger partial charge in [0.15, 0.2) is 0 Å². The number of hydrogen-bond donors (Lipinski definition) is 1. The Bertz CT molecular complexity index is 438. The topological polar surface area (TPSA) is 52.9 Å². The number of thioether (sulfide) groups is 1. The summed E-state index contributed by atoms with van der Waals surface area (Å²) in [6.45, 7) is 4.01. The molecule has 0 aliphatic carbocycles. The van der Waals surface area contributed by atoms with Crippen molar-refractivity contribution < 1.29 is 4.79 Å². The Balaban J connectivity index is 2.46.